The van der Waals surface area contributed by atoms with Crippen molar-refractivity contribution in [1.82, 2.24) is 14.7 Å². The second-order valence-corrected chi connectivity index (χ2v) is 6.28. The highest BCUT2D eigenvalue weighted by molar-refractivity contribution is 5.53. The average molecular weight is 301 g/mol. The zero-order valence-electron chi connectivity index (χ0n) is 13.5. The number of nitrogens with zero attached hydrogens (tertiary/aromatic N) is 4. The Kier molecular flexibility index (Phi) is 4.73. The molecule has 0 aromatic heterocycles. The van der Waals surface area contributed by atoms with Gasteiger partial charge in [0.15, 0.2) is 0 Å². The summed E-state index contributed by atoms with van der Waals surface area (Å²) < 4.78 is 0. The molecule has 3 rings (SSSR count). The van der Waals surface area contributed by atoms with Gasteiger partial charge in [0.2, 0.25) is 0 Å². The molecule has 1 saturated heterocycles. The fourth-order valence-corrected chi connectivity index (χ4v) is 3.14. The van der Waals surface area contributed by atoms with Gasteiger partial charge in [0.1, 0.15) is 0 Å². The van der Waals surface area contributed by atoms with E-state index in [9.17, 15) is 0 Å². The Morgan fingerprint density at radius 2 is 1.77 bits per heavy atom. The standard InChI is InChI=1S/C17H27N5/c1-19-9-10-21(15-19)12-11-20-7-2-8-22(14-13-20)17-5-3-16(18)4-6-17/h3-6,9-10H,2,7-8,11-15,18H2,1H3. The lowest BCUT2D eigenvalue weighted by Gasteiger charge is -2.25. The van der Waals surface area contributed by atoms with E-state index in [0.717, 1.165) is 45.1 Å². The van der Waals surface area contributed by atoms with Gasteiger partial charge in [-0.1, -0.05) is 0 Å². The molecule has 0 spiro atoms. The molecule has 0 atom stereocenters. The van der Waals surface area contributed by atoms with Crippen LogP contribution in [0.2, 0.25) is 0 Å². The molecule has 2 aliphatic heterocycles. The first-order valence-corrected chi connectivity index (χ1v) is 8.16. The Balaban J connectivity index is 1.47. The number of benzene rings is 1. The summed E-state index contributed by atoms with van der Waals surface area (Å²) in [5, 5.41) is 0. The summed E-state index contributed by atoms with van der Waals surface area (Å²) in [6.45, 7) is 7.84. The molecule has 2 N–H and O–H groups in total. The first-order valence-electron chi connectivity index (χ1n) is 8.16. The van der Waals surface area contributed by atoms with Gasteiger partial charge in [-0.05, 0) is 37.2 Å². The van der Waals surface area contributed by atoms with E-state index in [2.05, 4.69) is 51.2 Å². The number of rotatable bonds is 4. The van der Waals surface area contributed by atoms with Crippen LogP contribution in [0.15, 0.2) is 36.7 Å². The van der Waals surface area contributed by atoms with Crippen molar-refractivity contribution in [3.63, 3.8) is 0 Å². The lowest BCUT2D eigenvalue weighted by atomic mass is 10.2. The van der Waals surface area contributed by atoms with Crippen LogP contribution in [0.3, 0.4) is 0 Å². The van der Waals surface area contributed by atoms with Gasteiger partial charge >= 0.3 is 0 Å². The van der Waals surface area contributed by atoms with Crippen molar-refractivity contribution < 1.29 is 0 Å². The van der Waals surface area contributed by atoms with Crippen LogP contribution in [0.25, 0.3) is 0 Å². The van der Waals surface area contributed by atoms with Gasteiger partial charge < -0.3 is 20.4 Å². The molecule has 1 aromatic carbocycles. The summed E-state index contributed by atoms with van der Waals surface area (Å²) in [5.41, 5.74) is 7.91. The van der Waals surface area contributed by atoms with E-state index >= 15 is 0 Å². The lowest BCUT2D eigenvalue weighted by molar-refractivity contribution is 0.229. The molecule has 0 aliphatic carbocycles. The molecule has 0 amide bonds. The fourth-order valence-electron chi connectivity index (χ4n) is 3.14. The number of anilines is 2. The Morgan fingerprint density at radius 3 is 2.50 bits per heavy atom. The van der Waals surface area contributed by atoms with E-state index in [-0.39, 0.29) is 0 Å². The molecule has 5 nitrogen and oxygen atoms in total. The van der Waals surface area contributed by atoms with Crippen molar-refractivity contribution in [3.05, 3.63) is 36.7 Å². The molecule has 0 unspecified atom stereocenters. The zero-order chi connectivity index (χ0) is 15.4. The van der Waals surface area contributed by atoms with Crippen molar-refractivity contribution >= 4 is 11.4 Å². The maximum absolute atomic E-state index is 5.78. The van der Waals surface area contributed by atoms with Crippen molar-refractivity contribution in [1.29, 1.82) is 0 Å². The van der Waals surface area contributed by atoms with Gasteiger partial charge in [-0.15, -0.1) is 0 Å². The summed E-state index contributed by atoms with van der Waals surface area (Å²) in [7, 11) is 2.12. The molecule has 1 fully saturated rings. The van der Waals surface area contributed by atoms with Crippen LogP contribution in [0, 0.1) is 0 Å². The number of hydrogen-bond acceptors (Lipinski definition) is 5. The van der Waals surface area contributed by atoms with E-state index in [0.29, 0.717) is 0 Å². The minimum absolute atomic E-state index is 0.837. The Hall–Kier alpha value is -1.88. The van der Waals surface area contributed by atoms with E-state index in [1.54, 1.807) is 0 Å². The van der Waals surface area contributed by atoms with Crippen molar-refractivity contribution in [2.24, 2.45) is 0 Å². The molecule has 0 bridgehead atoms. The quantitative estimate of drug-likeness (QED) is 0.853. The number of nitrogens with two attached hydrogens (primary N) is 1. The molecule has 5 heteroatoms. The molecular weight excluding hydrogens is 274 g/mol. The third-order valence-corrected chi connectivity index (χ3v) is 4.49. The van der Waals surface area contributed by atoms with Crippen LogP contribution < -0.4 is 10.6 Å². The monoisotopic (exact) mass is 301 g/mol. The lowest BCUT2D eigenvalue weighted by Crippen LogP contribution is -2.36. The Labute approximate surface area is 133 Å². The van der Waals surface area contributed by atoms with E-state index in [4.69, 9.17) is 5.73 Å². The largest absolute Gasteiger partial charge is 0.399 e. The molecule has 2 aliphatic rings. The van der Waals surface area contributed by atoms with Gasteiger partial charge in [-0.25, -0.2) is 0 Å². The molecular formula is C17H27N5. The summed E-state index contributed by atoms with van der Waals surface area (Å²) in [4.78, 5) is 9.65. The molecule has 0 saturated carbocycles. The van der Waals surface area contributed by atoms with E-state index < -0.39 is 0 Å². The van der Waals surface area contributed by atoms with E-state index in [1.807, 2.05) is 12.1 Å². The van der Waals surface area contributed by atoms with Crippen LogP contribution >= 0.6 is 0 Å². The molecule has 0 radical (unpaired) electrons. The number of nitrogen functional groups attached to an aromatic ring is 1. The Bertz CT molecular complexity index is 498. The highest BCUT2D eigenvalue weighted by Gasteiger charge is 2.16. The normalized spacial score (nSPS) is 19.8. The minimum Gasteiger partial charge on any atom is -0.399 e. The average Bonchev–Trinajstić information content (AvgIpc) is 2.80. The van der Waals surface area contributed by atoms with Crippen LogP contribution in [0.5, 0.6) is 0 Å². The van der Waals surface area contributed by atoms with Crippen LogP contribution in [0.1, 0.15) is 6.42 Å². The molecule has 1 aromatic rings. The minimum atomic E-state index is 0.837. The highest BCUT2D eigenvalue weighted by Crippen LogP contribution is 2.18. The maximum atomic E-state index is 5.78. The summed E-state index contributed by atoms with van der Waals surface area (Å²) in [6, 6.07) is 8.26. The molecule has 2 heterocycles. The summed E-state index contributed by atoms with van der Waals surface area (Å²) >= 11 is 0. The summed E-state index contributed by atoms with van der Waals surface area (Å²) in [6.07, 6.45) is 5.56. The van der Waals surface area contributed by atoms with Gasteiger partial charge in [0.25, 0.3) is 0 Å². The van der Waals surface area contributed by atoms with Crippen LogP contribution in [0.4, 0.5) is 11.4 Å². The smallest absolute Gasteiger partial charge is 0.0891 e. The van der Waals surface area contributed by atoms with Crippen molar-refractivity contribution in [3.8, 4) is 0 Å². The predicted molar refractivity (Wildman–Crippen MR) is 92.6 cm³/mol. The van der Waals surface area contributed by atoms with Crippen molar-refractivity contribution in [2.45, 2.75) is 6.42 Å². The predicted octanol–water partition coefficient (Wildman–Crippen LogP) is 1.46. The van der Waals surface area contributed by atoms with Gasteiger partial charge in [-0.2, -0.15) is 0 Å². The highest BCUT2D eigenvalue weighted by atomic mass is 15.3. The maximum Gasteiger partial charge on any atom is 0.0891 e. The SMILES string of the molecule is CN1C=CN(CCN2CCCN(c3ccc(N)cc3)CC2)C1. The van der Waals surface area contributed by atoms with Gasteiger partial charge in [0.05, 0.1) is 6.67 Å². The second kappa shape index (κ2) is 6.92. The number of hydrogen-bond donors (Lipinski definition) is 1. The van der Waals surface area contributed by atoms with Crippen LogP contribution in [-0.2, 0) is 0 Å². The summed E-state index contributed by atoms with van der Waals surface area (Å²) in [5.74, 6) is 0. The third-order valence-electron chi connectivity index (χ3n) is 4.49. The first-order chi connectivity index (χ1) is 10.7. The zero-order valence-corrected chi connectivity index (χ0v) is 13.5. The van der Waals surface area contributed by atoms with Gasteiger partial charge in [0, 0.05) is 63.5 Å². The van der Waals surface area contributed by atoms with E-state index in [1.165, 1.54) is 18.7 Å². The second-order valence-electron chi connectivity index (χ2n) is 6.28. The molecule has 120 valence electrons. The fraction of sp³-hybridized carbons (Fsp3) is 0.529. The van der Waals surface area contributed by atoms with Crippen molar-refractivity contribution in [2.75, 3.05) is 63.6 Å². The first kappa shape index (κ1) is 15.0. The van der Waals surface area contributed by atoms with Gasteiger partial charge in [-0.3, -0.25) is 4.90 Å². The topological polar surface area (TPSA) is 39.0 Å². The molecule has 22 heavy (non-hydrogen) atoms. The van der Waals surface area contributed by atoms with Crippen LogP contribution in [-0.4, -0.2) is 67.7 Å². The Morgan fingerprint density at radius 1 is 0.955 bits per heavy atom. The third kappa shape index (κ3) is 3.85.